The molecule has 4 aromatic rings. The number of fused-ring (bicyclic) bond motifs is 5. The number of nitrogens with one attached hydrogen (secondary N) is 3. The zero-order chi connectivity index (χ0) is 40.0. The van der Waals surface area contributed by atoms with Crippen molar-refractivity contribution in [1.82, 2.24) is 25.2 Å². The lowest BCUT2D eigenvalue weighted by Gasteiger charge is -2.30. The number of aromatic nitrogens is 1. The van der Waals surface area contributed by atoms with E-state index in [1.165, 1.54) is 4.90 Å². The van der Waals surface area contributed by atoms with Crippen molar-refractivity contribution in [3.8, 4) is 17.2 Å². The van der Waals surface area contributed by atoms with Gasteiger partial charge in [-0.25, -0.2) is 18.2 Å². The molecule has 4 amide bonds. The minimum absolute atomic E-state index is 0.0233. The summed E-state index contributed by atoms with van der Waals surface area (Å²) in [6.45, 7) is -0.0362. The van der Waals surface area contributed by atoms with Crippen molar-refractivity contribution < 1.29 is 45.9 Å². The summed E-state index contributed by atoms with van der Waals surface area (Å²) in [7, 11) is -3.91. The number of allylic oxidation sites excluding steroid dienone is 1. The van der Waals surface area contributed by atoms with E-state index < -0.39 is 68.7 Å². The van der Waals surface area contributed by atoms with Crippen molar-refractivity contribution in [3.05, 3.63) is 60.9 Å². The van der Waals surface area contributed by atoms with Crippen LogP contribution in [0.5, 0.6) is 5.75 Å². The molecule has 3 saturated carbocycles. The van der Waals surface area contributed by atoms with Crippen LogP contribution in [0.1, 0.15) is 83.5 Å². The number of carbonyl (C=O) groups is 4. The molecule has 16 heteroatoms. The number of hydrogen-bond acceptors (Lipinski definition) is 11. The van der Waals surface area contributed by atoms with E-state index in [2.05, 4.69) is 15.4 Å². The van der Waals surface area contributed by atoms with Gasteiger partial charge in [0.25, 0.3) is 5.91 Å². The van der Waals surface area contributed by atoms with Crippen molar-refractivity contribution >= 4 is 55.9 Å². The lowest BCUT2D eigenvalue weighted by atomic mass is 10.0. The van der Waals surface area contributed by atoms with Gasteiger partial charge in [-0.05, 0) is 88.5 Å². The number of ether oxygens (including phenoxy) is 2. The number of furan rings is 2. The van der Waals surface area contributed by atoms with E-state index in [9.17, 15) is 27.6 Å². The number of amides is 4. The summed E-state index contributed by atoms with van der Waals surface area (Å²) < 4.78 is 52.4. The molecular weight excluding hydrogens is 767 g/mol. The van der Waals surface area contributed by atoms with Crippen LogP contribution in [0.2, 0.25) is 0 Å². The van der Waals surface area contributed by atoms with Gasteiger partial charge in [0.15, 0.2) is 17.1 Å². The highest BCUT2D eigenvalue weighted by Crippen LogP contribution is 2.46. The molecule has 306 valence electrons. The van der Waals surface area contributed by atoms with E-state index in [1.807, 2.05) is 36.4 Å². The van der Waals surface area contributed by atoms with Crippen molar-refractivity contribution in [3.63, 3.8) is 0 Å². The highest BCUT2D eigenvalue weighted by atomic mass is 32.2. The third-order valence-corrected chi connectivity index (χ3v) is 13.9. The van der Waals surface area contributed by atoms with E-state index in [0.29, 0.717) is 66.0 Å². The predicted octanol–water partition coefficient (Wildman–Crippen LogP) is 5.63. The molecule has 15 nitrogen and oxygen atoms in total. The standard InChI is InChI=1S/C42H47N5O10S/c48-38-32-21-27(55-35-22-31(34-17-10-20-54-34)43-36-29-14-8-9-16-33(29)57-37(35)36)24-47(32)39(49)30(44-41(51)56-26-12-6-7-13-26)15-5-3-1-2-4-11-25-23-42(25,45-38)40(50)46-58(52,53)28-18-19-28/h4,8-11,14,16-17,20,22,25-28,30,32H,1-3,5-7,12-13,15,18-19,21,23-24H2,(H,44,51)(H,45,48)(H,46,50)/b11-4-/t25-,27+,30-,32-,42+/m0/s1. The number of alkyl carbamates (subject to hydrolysis) is 1. The van der Waals surface area contributed by atoms with E-state index in [0.717, 1.165) is 43.9 Å². The van der Waals surface area contributed by atoms with E-state index in [1.54, 1.807) is 24.5 Å². The summed E-state index contributed by atoms with van der Waals surface area (Å²) in [5.74, 6) is -1.51. The molecule has 3 N–H and O–H groups in total. The number of para-hydroxylation sites is 1. The number of hydrogen-bond donors (Lipinski definition) is 3. The van der Waals surface area contributed by atoms with Crippen LogP contribution >= 0.6 is 0 Å². The Morgan fingerprint density at radius 3 is 2.57 bits per heavy atom. The van der Waals surface area contributed by atoms with Crippen molar-refractivity contribution in [2.45, 2.75) is 119 Å². The molecule has 5 atom stereocenters. The van der Waals surface area contributed by atoms with E-state index >= 15 is 0 Å². The molecule has 0 unspecified atom stereocenters. The fraction of sp³-hybridized carbons (Fsp3) is 0.500. The van der Waals surface area contributed by atoms with Gasteiger partial charge in [-0.3, -0.25) is 19.1 Å². The Kier molecular flexibility index (Phi) is 10.1. The SMILES string of the molecule is O=C(N[C@H]1CCCCC/C=C\[C@H]2C[C@@]2(C(=O)NS(=O)(=O)C2CC2)NC(=O)[C@@H]2C[C@@H](Oc3cc(-c4ccco4)nc4c3oc3ccccc34)CN2C1=O)OC1CCCC1. The molecule has 1 aromatic carbocycles. The first-order valence-electron chi connectivity index (χ1n) is 20.4. The van der Waals surface area contributed by atoms with Crippen LogP contribution in [0.15, 0.2) is 69.7 Å². The Morgan fingerprint density at radius 1 is 0.966 bits per heavy atom. The molecule has 3 aliphatic carbocycles. The Labute approximate surface area is 335 Å². The fourth-order valence-electron chi connectivity index (χ4n) is 8.65. The average Bonchev–Trinajstić information content (AvgIpc) is 3.81. The normalized spacial score (nSPS) is 27.6. The van der Waals surface area contributed by atoms with Crippen LogP contribution in [0.4, 0.5) is 4.79 Å². The summed E-state index contributed by atoms with van der Waals surface area (Å²) >= 11 is 0. The molecule has 5 aliphatic rings. The number of nitrogens with zero attached hydrogens (tertiary/aromatic N) is 2. The van der Waals surface area contributed by atoms with Crippen molar-refractivity contribution in [2.24, 2.45) is 5.92 Å². The Balaban J connectivity index is 1.04. The van der Waals surface area contributed by atoms with Crippen LogP contribution in [-0.4, -0.2) is 83.7 Å². The minimum atomic E-state index is -3.91. The van der Waals surface area contributed by atoms with Gasteiger partial charge in [-0.1, -0.05) is 37.1 Å². The summed E-state index contributed by atoms with van der Waals surface area (Å²) in [5.41, 5.74) is 0.501. The third kappa shape index (κ3) is 7.65. The average molecular weight is 814 g/mol. The van der Waals surface area contributed by atoms with E-state index in [-0.39, 0.29) is 25.5 Å². The molecule has 1 saturated heterocycles. The zero-order valence-electron chi connectivity index (χ0n) is 32.0. The predicted molar refractivity (Wildman–Crippen MR) is 211 cm³/mol. The highest BCUT2D eigenvalue weighted by molar-refractivity contribution is 7.91. The van der Waals surface area contributed by atoms with Gasteiger partial charge < -0.3 is 33.8 Å². The summed E-state index contributed by atoms with van der Waals surface area (Å²) in [6.07, 6.45) is 11.6. The van der Waals surface area contributed by atoms with Gasteiger partial charge in [0, 0.05) is 23.8 Å². The Hall–Kier alpha value is -5.38. The van der Waals surface area contributed by atoms with E-state index in [4.69, 9.17) is 23.3 Å². The van der Waals surface area contributed by atoms with Gasteiger partial charge in [0.2, 0.25) is 21.8 Å². The van der Waals surface area contributed by atoms with Gasteiger partial charge in [0.1, 0.15) is 46.6 Å². The molecule has 0 radical (unpaired) electrons. The van der Waals surface area contributed by atoms with Crippen LogP contribution in [-0.2, 0) is 29.1 Å². The second-order valence-corrected chi connectivity index (χ2v) is 18.2. The van der Waals surface area contributed by atoms with Gasteiger partial charge in [0.05, 0.1) is 18.1 Å². The number of benzene rings is 1. The maximum Gasteiger partial charge on any atom is 0.408 e. The largest absolute Gasteiger partial charge is 0.484 e. The van der Waals surface area contributed by atoms with Crippen LogP contribution in [0, 0.1) is 5.92 Å². The Morgan fingerprint density at radius 2 is 1.78 bits per heavy atom. The topological polar surface area (TPSA) is 199 Å². The molecule has 9 rings (SSSR count). The molecule has 4 fully saturated rings. The second-order valence-electron chi connectivity index (χ2n) is 16.3. The number of pyridine rings is 1. The molecular formula is C42H47N5O10S. The fourth-order valence-corrected chi connectivity index (χ4v) is 10.0. The molecule has 5 heterocycles. The smallest absolute Gasteiger partial charge is 0.408 e. The highest BCUT2D eigenvalue weighted by Gasteiger charge is 2.62. The summed E-state index contributed by atoms with van der Waals surface area (Å²) in [4.78, 5) is 62.6. The molecule has 0 bridgehead atoms. The van der Waals surface area contributed by atoms with Crippen LogP contribution < -0.4 is 20.1 Å². The first kappa shape index (κ1) is 38.2. The second kappa shape index (κ2) is 15.4. The molecule has 2 aliphatic heterocycles. The maximum absolute atomic E-state index is 14.7. The van der Waals surface area contributed by atoms with Crippen LogP contribution in [0.25, 0.3) is 33.5 Å². The minimum Gasteiger partial charge on any atom is -0.484 e. The molecule has 3 aromatic heterocycles. The molecule has 58 heavy (non-hydrogen) atoms. The zero-order valence-corrected chi connectivity index (χ0v) is 32.8. The van der Waals surface area contributed by atoms with Crippen LogP contribution in [0.3, 0.4) is 0 Å². The lowest BCUT2D eigenvalue weighted by molar-refractivity contribution is -0.141. The van der Waals surface area contributed by atoms with Gasteiger partial charge >= 0.3 is 6.09 Å². The quantitative estimate of drug-likeness (QED) is 0.186. The third-order valence-electron chi connectivity index (χ3n) is 12.1. The maximum atomic E-state index is 14.7. The van der Waals surface area contributed by atoms with Gasteiger partial charge in [-0.2, -0.15) is 0 Å². The lowest BCUT2D eigenvalue weighted by Crippen LogP contribution is -2.58. The number of rotatable bonds is 8. The van der Waals surface area contributed by atoms with Crippen molar-refractivity contribution in [1.29, 1.82) is 0 Å². The number of carbonyl (C=O) groups excluding carboxylic acids is 4. The summed E-state index contributed by atoms with van der Waals surface area (Å²) in [6, 6.07) is 10.6. The first-order valence-corrected chi connectivity index (χ1v) is 22.0. The summed E-state index contributed by atoms with van der Waals surface area (Å²) in [5, 5.41) is 5.86. The van der Waals surface area contributed by atoms with Gasteiger partial charge in [-0.15, -0.1) is 0 Å². The first-order chi connectivity index (χ1) is 28.1. The monoisotopic (exact) mass is 813 g/mol. The van der Waals surface area contributed by atoms with Crippen molar-refractivity contribution in [2.75, 3.05) is 6.54 Å². The molecule has 0 spiro atoms. The number of sulfonamides is 1. The Bertz CT molecular complexity index is 2370.